The molecule has 1 aliphatic carbocycles. The molecule has 2 fully saturated rings. The summed E-state index contributed by atoms with van der Waals surface area (Å²) in [4.78, 5) is 19.7. The molecule has 0 radical (unpaired) electrons. The summed E-state index contributed by atoms with van der Waals surface area (Å²) in [6, 6.07) is 17.3. The Balaban J connectivity index is 1.35. The van der Waals surface area contributed by atoms with Crippen molar-refractivity contribution in [3.05, 3.63) is 65.8 Å². The van der Waals surface area contributed by atoms with Gasteiger partial charge in [0.1, 0.15) is 11.5 Å². The minimum absolute atomic E-state index is 0.176. The highest BCUT2D eigenvalue weighted by atomic mass is 32.1. The van der Waals surface area contributed by atoms with Gasteiger partial charge in [-0.25, -0.2) is 4.98 Å². The van der Waals surface area contributed by atoms with Crippen LogP contribution in [0.1, 0.15) is 16.2 Å². The number of piperidine rings is 1. The van der Waals surface area contributed by atoms with E-state index in [1.54, 1.807) is 11.1 Å². The number of aromatic nitrogens is 1. The Morgan fingerprint density at radius 1 is 1.24 bits per heavy atom. The normalized spacial score (nSPS) is 21.9. The number of para-hydroxylation sites is 2. The Bertz CT molecular complexity index is 1110. The average Bonchev–Trinajstić information content (AvgIpc) is 3.10. The highest BCUT2D eigenvalue weighted by Gasteiger charge is 2.61. The molecule has 29 heavy (non-hydrogen) atoms. The van der Waals surface area contributed by atoms with Gasteiger partial charge >= 0.3 is 0 Å². The molecule has 3 aromatic rings. The van der Waals surface area contributed by atoms with Gasteiger partial charge in [-0.05, 0) is 30.7 Å². The van der Waals surface area contributed by atoms with Crippen LogP contribution < -0.4 is 10.1 Å². The van der Waals surface area contributed by atoms with Gasteiger partial charge in [0.2, 0.25) is 0 Å². The third kappa shape index (κ3) is 3.32. The zero-order valence-electron chi connectivity index (χ0n) is 15.5. The minimum Gasteiger partial charge on any atom is -0.457 e. The molecule has 2 aliphatic rings. The fourth-order valence-electron chi connectivity index (χ4n) is 3.91. The second kappa shape index (κ2) is 6.90. The summed E-state index contributed by atoms with van der Waals surface area (Å²) in [5, 5.41) is 12.6. The molecule has 1 saturated carbocycles. The number of amides is 1. The first kappa shape index (κ1) is 17.7. The minimum atomic E-state index is -0.257. The van der Waals surface area contributed by atoms with Crippen LogP contribution in [0.3, 0.4) is 0 Å². The van der Waals surface area contributed by atoms with E-state index in [1.807, 2.05) is 54.6 Å². The van der Waals surface area contributed by atoms with Crippen molar-refractivity contribution in [1.29, 1.82) is 5.26 Å². The summed E-state index contributed by atoms with van der Waals surface area (Å²) in [5.41, 5.74) is 0.638. The number of hydrogen-bond acceptors (Lipinski definition) is 6. The van der Waals surface area contributed by atoms with Gasteiger partial charge in [0, 0.05) is 24.2 Å². The number of thiazole rings is 1. The Hall–Kier alpha value is -3.37. The molecule has 1 N–H and O–H groups in total. The third-order valence-electron chi connectivity index (χ3n) is 5.47. The molecule has 0 spiro atoms. The number of nitrogens with one attached hydrogen (secondary N) is 1. The zero-order chi connectivity index (χ0) is 19.8. The summed E-state index contributed by atoms with van der Waals surface area (Å²) in [5.74, 6) is 1.66. The van der Waals surface area contributed by atoms with Crippen molar-refractivity contribution in [2.75, 3.05) is 13.1 Å². The number of nitrogens with zero attached hydrogens (tertiary/aromatic N) is 3. The van der Waals surface area contributed by atoms with Crippen molar-refractivity contribution < 1.29 is 9.53 Å². The molecule has 1 aromatic heterocycles. The third-order valence-corrected chi connectivity index (χ3v) is 6.50. The van der Waals surface area contributed by atoms with Crippen LogP contribution in [-0.4, -0.2) is 34.4 Å². The SMILES string of the molecule is N#CN1CC2C[C@]2(NC(=O)c2ncc(-c3ccccc3Oc3ccccc3)s2)C1. The van der Waals surface area contributed by atoms with Crippen LogP contribution in [0.25, 0.3) is 10.4 Å². The first-order valence-corrected chi connectivity index (χ1v) is 10.2. The molecule has 1 saturated heterocycles. The van der Waals surface area contributed by atoms with Crippen LogP contribution in [0.15, 0.2) is 60.8 Å². The summed E-state index contributed by atoms with van der Waals surface area (Å²) in [6.07, 6.45) is 4.82. The number of nitriles is 1. The maximum Gasteiger partial charge on any atom is 0.280 e. The highest BCUT2D eigenvalue weighted by molar-refractivity contribution is 7.17. The van der Waals surface area contributed by atoms with E-state index >= 15 is 0 Å². The molecule has 144 valence electrons. The van der Waals surface area contributed by atoms with Crippen LogP contribution in [0, 0.1) is 17.4 Å². The largest absolute Gasteiger partial charge is 0.457 e. The molecule has 1 unspecified atom stereocenters. The maximum absolute atomic E-state index is 12.8. The number of benzene rings is 2. The number of likely N-dealkylation sites (tertiary alicyclic amines) is 1. The lowest BCUT2D eigenvalue weighted by molar-refractivity contribution is 0.0929. The molecule has 2 atom stereocenters. The standard InChI is InChI=1S/C22H18N4O2S/c23-14-26-12-15-10-22(15,13-26)25-20(27)21-24-11-19(29-21)17-8-4-5-9-18(17)28-16-6-2-1-3-7-16/h1-9,11,15H,10,12-13H2,(H,25,27)/t15?,22-/m0/s1. The van der Waals surface area contributed by atoms with Crippen LogP contribution >= 0.6 is 11.3 Å². The predicted octanol–water partition coefficient (Wildman–Crippen LogP) is 3.89. The van der Waals surface area contributed by atoms with E-state index < -0.39 is 0 Å². The van der Waals surface area contributed by atoms with Crippen molar-refractivity contribution in [3.8, 4) is 28.1 Å². The lowest BCUT2D eigenvalue weighted by Crippen LogP contribution is -2.41. The van der Waals surface area contributed by atoms with Crippen molar-refractivity contribution >= 4 is 17.2 Å². The average molecular weight is 402 g/mol. The molecular weight excluding hydrogens is 384 g/mol. The number of ether oxygens (including phenoxy) is 1. The van der Waals surface area contributed by atoms with Gasteiger partial charge in [-0.2, -0.15) is 5.26 Å². The number of carbonyl (C=O) groups excluding carboxylic acids is 1. The quantitative estimate of drug-likeness (QED) is 0.655. The van der Waals surface area contributed by atoms with Crippen molar-refractivity contribution in [2.45, 2.75) is 12.0 Å². The summed E-state index contributed by atoms with van der Waals surface area (Å²) < 4.78 is 6.03. The number of rotatable bonds is 5. The van der Waals surface area contributed by atoms with E-state index in [2.05, 4.69) is 16.5 Å². The molecule has 1 aliphatic heterocycles. The maximum atomic E-state index is 12.8. The van der Waals surface area contributed by atoms with E-state index in [9.17, 15) is 4.79 Å². The van der Waals surface area contributed by atoms with Crippen LogP contribution in [0.2, 0.25) is 0 Å². The van der Waals surface area contributed by atoms with E-state index in [-0.39, 0.29) is 11.4 Å². The number of hydrogen-bond donors (Lipinski definition) is 1. The molecule has 7 heteroatoms. The lowest BCUT2D eigenvalue weighted by atomic mass is 10.2. The van der Waals surface area contributed by atoms with Gasteiger partial charge in [0.25, 0.3) is 5.91 Å². The number of carbonyl (C=O) groups is 1. The number of fused-ring (bicyclic) bond motifs is 1. The second-order valence-electron chi connectivity index (χ2n) is 7.43. The summed E-state index contributed by atoms with van der Waals surface area (Å²) in [6.45, 7) is 1.32. The Kier molecular flexibility index (Phi) is 4.22. The van der Waals surface area contributed by atoms with Crippen LogP contribution in [-0.2, 0) is 0 Å². The Labute approximate surface area is 172 Å². The first-order valence-electron chi connectivity index (χ1n) is 9.42. The van der Waals surface area contributed by atoms with Gasteiger partial charge < -0.3 is 15.0 Å². The van der Waals surface area contributed by atoms with Crippen LogP contribution in [0.5, 0.6) is 11.5 Å². The summed E-state index contributed by atoms with van der Waals surface area (Å²) >= 11 is 1.34. The molecule has 2 aromatic carbocycles. The second-order valence-corrected chi connectivity index (χ2v) is 8.46. The molecular formula is C22H18N4O2S. The monoisotopic (exact) mass is 402 g/mol. The Morgan fingerprint density at radius 2 is 2.03 bits per heavy atom. The van der Waals surface area contributed by atoms with E-state index in [4.69, 9.17) is 10.00 Å². The molecule has 6 nitrogen and oxygen atoms in total. The molecule has 2 heterocycles. The van der Waals surface area contributed by atoms with Gasteiger partial charge in [-0.1, -0.05) is 30.3 Å². The zero-order valence-corrected chi connectivity index (χ0v) is 16.4. The topological polar surface area (TPSA) is 78.3 Å². The van der Waals surface area contributed by atoms with Crippen LogP contribution in [0.4, 0.5) is 0 Å². The molecule has 0 bridgehead atoms. The van der Waals surface area contributed by atoms with E-state index in [0.29, 0.717) is 17.5 Å². The first-order chi connectivity index (χ1) is 14.2. The van der Waals surface area contributed by atoms with Crippen molar-refractivity contribution in [3.63, 3.8) is 0 Å². The van der Waals surface area contributed by atoms with E-state index in [1.165, 1.54) is 11.3 Å². The predicted molar refractivity (Wildman–Crippen MR) is 110 cm³/mol. The van der Waals surface area contributed by atoms with Crippen molar-refractivity contribution in [1.82, 2.24) is 15.2 Å². The fraction of sp³-hybridized carbons (Fsp3) is 0.227. The van der Waals surface area contributed by atoms with Gasteiger partial charge in [0.05, 0.1) is 17.0 Å². The molecule has 1 amide bonds. The molecule has 5 rings (SSSR count). The Morgan fingerprint density at radius 3 is 2.83 bits per heavy atom. The smallest absolute Gasteiger partial charge is 0.280 e. The fourth-order valence-corrected chi connectivity index (χ4v) is 4.75. The summed E-state index contributed by atoms with van der Waals surface area (Å²) in [7, 11) is 0. The van der Waals surface area contributed by atoms with Gasteiger partial charge in [-0.3, -0.25) is 4.79 Å². The van der Waals surface area contributed by atoms with Gasteiger partial charge in [-0.15, -0.1) is 11.3 Å². The van der Waals surface area contributed by atoms with Gasteiger partial charge in [0.15, 0.2) is 11.2 Å². The van der Waals surface area contributed by atoms with E-state index in [0.717, 1.165) is 34.9 Å². The lowest BCUT2D eigenvalue weighted by Gasteiger charge is -2.16. The van der Waals surface area contributed by atoms with Crippen molar-refractivity contribution in [2.24, 2.45) is 5.92 Å². The highest BCUT2D eigenvalue weighted by Crippen LogP contribution is 2.49.